The van der Waals surface area contributed by atoms with Crippen LogP contribution < -0.4 is 15.4 Å². The molecule has 0 bridgehead atoms. The normalized spacial score (nSPS) is 10.6. The number of fused-ring (bicyclic) bond motifs is 1. The van der Waals surface area contributed by atoms with Gasteiger partial charge in [0.05, 0.1) is 18.3 Å². The van der Waals surface area contributed by atoms with Gasteiger partial charge in [0, 0.05) is 16.1 Å². The van der Waals surface area contributed by atoms with Gasteiger partial charge in [-0.3, -0.25) is 4.79 Å². The molecule has 4 rings (SSSR count). The monoisotopic (exact) mass is 404 g/mol. The van der Waals surface area contributed by atoms with E-state index in [4.69, 9.17) is 16.3 Å². The van der Waals surface area contributed by atoms with Crippen LogP contribution in [-0.2, 0) is 0 Å². The predicted molar refractivity (Wildman–Crippen MR) is 115 cm³/mol. The van der Waals surface area contributed by atoms with Crippen molar-refractivity contribution in [1.29, 1.82) is 0 Å². The summed E-state index contributed by atoms with van der Waals surface area (Å²) in [6.45, 7) is 0. The third kappa shape index (κ3) is 4.12. The average Bonchev–Trinajstić information content (AvgIpc) is 2.74. The SMILES string of the molecule is COc1ccc(Cl)cc1NC(=O)c1nc(Nc2ccccc2)c2ccccc2n1. The molecule has 6 nitrogen and oxygen atoms in total. The molecule has 0 aliphatic heterocycles. The summed E-state index contributed by atoms with van der Waals surface area (Å²) in [6, 6.07) is 22.1. The van der Waals surface area contributed by atoms with E-state index in [0.717, 1.165) is 11.1 Å². The maximum atomic E-state index is 12.9. The first-order valence-electron chi connectivity index (χ1n) is 8.88. The number of halogens is 1. The minimum absolute atomic E-state index is 0.0316. The quantitative estimate of drug-likeness (QED) is 0.472. The van der Waals surface area contributed by atoms with E-state index < -0.39 is 5.91 Å². The Morgan fingerprint density at radius 2 is 1.72 bits per heavy atom. The Morgan fingerprint density at radius 1 is 0.966 bits per heavy atom. The first kappa shape index (κ1) is 18.7. The van der Waals surface area contributed by atoms with E-state index >= 15 is 0 Å². The van der Waals surface area contributed by atoms with Crippen molar-refractivity contribution >= 4 is 45.6 Å². The number of carbonyl (C=O) groups excluding carboxylic acids is 1. The summed E-state index contributed by atoms with van der Waals surface area (Å²) in [7, 11) is 1.52. The summed E-state index contributed by atoms with van der Waals surface area (Å²) in [5, 5.41) is 7.33. The van der Waals surface area contributed by atoms with Crippen molar-refractivity contribution in [2.75, 3.05) is 17.7 Å². The number of nitrogens with zero attached hydrogens (tertiary/aromatic N) is 2. The number of hydrogen-bond acceptors (Lipinski definition) is 5. The van der Waals surface area contributed by atoms with Gasteiger partial charge in [-0.1, -0.05) is 41.9 Å². The third-order valence-electron chi connectivity index (χ3n) is 4.25. The molecule has 4 aromatic rings. The van der Waals surface area contributed by atoms with E-state index in [0.29, 0.717) is 27.8 Å². The van der Waals surface area contributed by atoms with Gasteiger partial charge in [-0.15, -0.1) is 0 Å². The lowest BCUT2D eigenvalue weighted by Gasteiger charge is -2.12. The fourth-order valence-electron chi connectivity index (χ4n) is 2.89. The van der Waals surface area contributed by atoms with E-state index in [9.17, 15) is 4.79 Å². The number of para-hydroxylation sites is 2. The van der Waals surface area contributed by atoms with Gasteiger partial charge in [-0.25, -0.2) is 9.97 Å². The van der Waals surface area contributed by atoms with Crippen LogP contribution in [0, 0.1) is 0 Å². The molecule has 1 heterocycles. The molecule has 1 aromatic heterocycles. The number of hydrogen-bond donors (Lipinski definition) is 2. The van der Waals surface area contributed by atoms with Crippen LogP contribution in [-0.4, -0.2) is 23.0 Å². The fourth-order valence-corrected chi connectivity index (χ4v) is 3.06. The molecule has 0 aliphatic carbocycles. The van der Waals surface area contributed by atoms with Crippen LogP contribution >= 0.6 is 11.6 Å². The largest absolute Gasteiger partial charge is 0.495 e. The molecular formula is C22H17ClN4O2. The van der Waals surface area contributed by atoms with Crippen molar-refractivity contribution in [1.82, 2.24) is 9.97 Å². The lowest BCUT2D eigenvalue weighted by Crippen LogP contribution is -2.17. The zero-order valence-corrected chi connectivity index (χ0v) is 16.3. The first-order chi connectivity index (χ1) is 14.1. The van der Waals surface area contributed by atoms with Gasteiger partial charge < -0.3 is 15.4 Å². The van der Waals surface area contributed by atoms with Crippen molar-refractivity contribution < 1.29 is 9.53 Å². The molecule has 29 heavy (non-hydrogen) atoms. The topological polar surface area (TPSA) is 76.1 Å². The zero-order valence-electron chi connectivity index (χ0n) is 15.5. The van der Waals surface area contributed by atoms with Crippen LogP contribution in [0.3, 0.4) is 0 Å². The van der Waals surface area contributed by atoms with Gasteiger partial charge in [0.15, 0.2) is 0 Å². The van der Waals surface area contributed by atoms with Crippen molar-refractivity contribution in [3.05, 3.63) is 83.6 Å². The van der Waals surface area contributed by atoms with Crippen LogP contribution in [0.5, 0.6) is 5.75 Å². The summed E-state index contributed by atoms with van der Waals surface area (Å²) in [6.07, 6.45) is 0. The Bertz CT molecular complexity index is 1180. The molecule has 144 valence electrons. The standard InChI is InChI=1S/C22H17ClN4O2/c1-29-19-12-11-14(23)13-18(19)26-22(28)21-25-17-10-6-5-9-16(17)20(27-21)24-15-7-3-2-4-8-15/h2-13H,1H3,(H,26,28)(H,24,25,27). The maximum Gasteiger partial charge on any atom is 0.293 e. The van der Waals surface area contributed by atoms with Crippen molar-refractivity contribution in [3.8, 4) is 5.75 Å². The Morgan fingerprint density at radius 3 is 2.52 bits per heavy atom. The van der Waals surface area contributed by atoms with E-state index in [-0.39, 0.29) is 5.82 Å². The van der Waals surface area contributed by atoms with Gasteiger partial charge in [-0.05, 0) is 42.5 Å². The third-order valence-corrected chi connectivity index (χ3v) is 4.49. The summed E-state index contributed by atoms with van der Waals surface area (Å²) < 4.78 is 5.28. The number of methoxy groups -OCH3 is 1. The highest BCUT2D eigenvalue weighted by Crippen LogP contribution is 2.29. The second kappa shape index (κ2) is 8.16. The molecule has 0 unspecified atom stereocenters. The molecular weight excluding hydrogens is 388 g/mol. The molecule has 2 N–H and O–H groups in total. The van der Waals surface area contributed by atoms with Gasteiger partial charge in [-0.2, -0.15) is 0 Å². The number of nitrogens with one attached hydrogen (secondary N) is 2. The second-order valence-electron chi connectivity index (χ2n) is 6.20. The lowest BCUT2D eigenvalue weighted by atomic mass is 10.2. The minimum Gasteiger partial charge on any atom is -0.495 e. The summed E-state index contributed by atoms with van der Waals surface area (Å²) in [5.41, 5.74) is 1.96. The summed E-state index contributed by atoms with van der Waals surface area (Å²) in [5.74, 6) is 0.604. The number of benzene rings is 3. The number of anilines is 3. The van der Waals surface area contributed by atoms with Crippen molar-refractivity contribution in [3.63, 3.8) is 0 Å². The number of carbonyl (C=O) groups is 1. The average molecular weight is 405 g/mol. The molecule has 0 radical (unpaired) electrons. The van der Waals surface area contributed by atoms with Gasteiger partial charge in [0.2, 0.25) is 5.82 Å². The number of amides is 1. The lowest BCUT2D eigenvalue weighted by molar-refractivity contribution is 0.101. The summed E-state index contributed by atoms with van der Waals surface area (Å²) in [4.78, 5) is 21.8. The Balaban J connectivity index is 1.72. The first-order valence-corrected chi connectivity index (χ1v) is 9.25. The smallest absolute Gasteiger partial charge is 0.293 e. The molecule has 0 spiro atoms. The second-order valence-corrected chi connectivity index (χ2v) is 6.64. The molecule has 0 saturated carbocycles. The molecule has 7 heteroatoms. The zero-order chi connectivity index (χ0) is 20.2. The number of rotatable bonds is 5. The van der Waals surface area contributed by atoms with E-state index in [1.807, 2.05) is 54.6 Å². The van der Waals surface area contributed by atoms with Crippen LogP contribution in [0.25, 0.3) is 10.9 Å². The van der Waals surface area contributed by atoms with Gasteiger partial charge >= 0.3 is 0 Å². The Hall–Kier alpha value is -3.64. The summed E-state index contributed by atoms with van der Waals surface area (Å²) >= 11 is 6.05. The predicted octanol–water partition coefficient (Wildman–Crippen LogP) is 5.29. The molecule has 0 atom stereocenters. The van der Waals surface area contributed by atoms with Crippen LogP contribution in [0.15, 0.2) is 72.8 Å². The molecule has 0 aliphatic rings. The highest BCUT2D eigenvalue weighted by atomic mass is 35.5. The maximum absolute atomic E-state index is 12.9. The highest BCUT2D eigenvalue weighted by Gasteiger charge is 2.16. The molecule has 3 aromatic carbocycles. The van der Waals surface area contributed by atoms with Gasteiger partial charge in [0.25, 0.3) is 5.91 Å². The molecule has 0 saturated heterocycles. The molecule has 0 fully saturated rings. The van der Waals surface area contributed by atoms with Crippen LogP contribution in [0.1, 0.15) is 10.6 Å². The fraction of sp³-hybridized carbons (Fsp3) is 0.0455. The van der Waals surface area contributed by atoms with Crippen molar-refractivity contribution in [2.45, 2.75) is 0 Å². The minimum atomic E-state index is -0.465. The van der Waals surface area contributed by atoms with Gasteiger partial charge in [0.1, 0.15) is 11.6 Å². The van der Waals surface area contributed by atoms with E-state index in [1.165, 1.54) is 7.11 Å². The highest BCUT2D eigenvalue weighted by molar-refractivity contribution is 6.31. The number of aromatic nitrogens is 2. The van der Waals surface area contributed by atoms with Crippen molar-refractivity contribution in [2.24, 2.45) is 0 Å². The molecule has 1 amide bonds. The van der Waals surface area contributed by atoms with Crippen LogP contribution in [0.2, 0.25) is 5.02 Å². The van der Waals surface area contributed by atoms with E-state index in [2.05, 4.69) is 20.6 Å². The Labute approximate surface area is 172 Å². The van der Waals surface area contributed by atoms with E-state index in [1.54, 1.807) is 18.2 Å². The Kier molecular flexibility index (Phi) is 5.27. The van der Waals surface area contributed by atoms with Crippen LogP contribution in [0.4, 0.5) is 17.2 Å². The number of ether oxygens (including phenoxy) is 1.